The van der Waals surface area contributed by atoms with Crippen LogP contribution in [0, 0.1) is 13.8 Å². The molecule has 0 saturated carbocycles. The van der Waals surface area contributed by atoms with E-state index in [1.165, 1.54) is 11.1 Å². The molecule has 0 bridgehead atoms. The lowest BCUT2D eigenvalue weighted by Gasteiger charge is -2.11. The first-order valence-corrected chi connectivity index (χ1v) is 9.01. The fourth-order valence-corrected chi connectivity index (χ4v) is 2.49. The van der Waals surface area contributed by atoms with Crippen LogP contribution in [0.3, 0.4) is 0 Å². The largest absolute Gasteiger partial charge is 0.370 e. The summed E-state index contributed by atoms with van der Waals surface area (Å²) < 4.78 is 0. The molecule has 0 unspecified atom stereocenters. The number of guanidine groups is 1. The molecule has 2 aromatic rings. The number of likely N-dealkylation sites (N-methyl/N-ethyl adjacent to an activating group) is 1. The van der Waals surface area contributed by atoms with Crippen LogP contribution >= 0.6 is 24.0 Å². The van der Waals surface area contributed by atoms with E-state index in [0.717, 1.165) is 17.8 Å². The number of nitrogens with zero attached hydrogens (tertiary/aromatic N) is 2. The molecule has 2 rings (SSSR count). The molecule has 6 nitrogen and oxygen atoms in total. The topological polar surface area (TPSA) is 82.7 Å². The van der Waals surface area contributed by atoms with E-state index in [-0.39, 0.29) is 29.9 Å². The van der Waals surface area contributed by atoms with Crippen molar-refractivity contribution >= 4 is 41.5 Å². The van der Waals surface area contributed by atoms with Gasteiger partial charge in [0.05, 0.1) is 6.54 Å². The third kappa shape index (κ3) is 7.85. The molecule has 1 amide bonds. The number of nitrogens with one attached hydrogen (secondary N) is 2. The van der Waals surface area contributed by atoms with E-state index in [0.29, 0.717) is 24.6 Å². The summed E-state index contributed by atoms with van der Waals surface area (Å²) in [6.45, 7) is 5.95. The molecule has 152 valence electrons. The minimum atomic E-state index is -0.0797. The summed E-state index contributed by atoms with van der Waals surface area (Å²) in [6, 6.07) is 13.5. The number of carbonyl (C=O) groups excluding carboxylic acids is 1. The van der Waals surface area contributed by atoms with Crippen molar-refractivity contribution in [3.8, 4) is 0 Å². The Kier molecular flexibility index (Phi) is 9.95. The number of benzene rings is 2. The standard InChI is InChI=1S/C21H29N5O.HI/c1-15-8-9-19(12-16(15)2)25-21(22)24-14-17-6-5-7-18(13-17)20(27)23-10-11-26(3)4;/h5-9,12-13H,10-11,14H2,1-4H3,(H,23,27)(H3,22,24,25);1H. The number of hydrogen-bond donors (Lipinski definition) is 3. The molecule has 0 saturated heterocycles. The number of nitrogens with two attached hydrogens (primary N) is 1. The molecule has 0 fully saturated rings. The normalized spacial score (nSPS) is 11.1. The van der Waals surface area contributed by atoms with Crippen LogP contribution in [-0.2, 0) is 6.54 Å². The van der Waals surface area contributed by atoms with Gasteiger partial charge in [0, 0.05) is 24.3 Å². The molecule has 0 spiro atoms. The summed E-state index contributed by atoms with van der Waals surface area (Å²) in [5.74, 6) is 0.267. The summed E-state index contributed by atoms with van der Waals surface area (Å²) in [5, 5.41) is 6.01. The Morgan fingerprint density at radius 1 is 1.11 bits per heavy atom. The Balaban J connectivity index is 0.00000392. The molecule has 2 aromatic carbocycles. The van der Waals surface area contributed by atoms with E-state index in [4.69, 9.17) is 5.73 Å². The minimum Gasteiger partial charge on any atom is -0.370 e. The first-order valence-electron chi connectivity index (χ1n) is 9.01. The maximum atomic E-state index is 12.2. The zero-order valence-corrected chi connectivity index (χ0v) is 19.3. The number of carbonyl (C=O) groups is 1. The second-order valence-corrected chi connectivity index (χ2v) is 6.89. The molecule has 0 aliphatic carbocycles. The first-order chi connectivity index (χ1) is 12.8. The van der Waals surface area contributed by atoms with Crippen LogP contribution < -0.4 is 16.4 Å². The van der Waals surface area contributed by atoms with Gasteiger partial charge < -0.3 is 21.3 Å². The number of hydrogen-bond acceptors (Lipinski definition) is 3. The van der Waals surface area contributed by atoms with Gasteiger partial charge in [0.1, 0.15) is 0 Å². The van der Waals surface area contributed by atoms with Gasteiger partial charge in [0.15, 0.2) is 5.96 Å². The highest BCUT2D eigenvalue weighted by molar-refractivity contribution is 14.0. The maximum absolute atomic E-state index is 12.2. The number of amides is 1. The van der Waals surface area contributed by atoms with Gasteiger partial charge in [-0.25, -0.2) is 4.99 Å². The van der Waals surface area contributed by atoms with Crippen molar-refractivity contribution in [3.63, 3.8) is 0 Å². The molecule has 0 radical (unpaired) electrons. The van der Waals surface area contributed by atoms with Gasteiger partial charge in [0.2, 0.25) is 0 Å². The van der Waals surface area contributed by atoms with Crippen molar-refractivity contribution in [1.29, 1.82) is 0 Å². The van der Waals surface area contributed by atoms with Crippen LogP contribution in [0.25, 0.3) is 0 Å². The Morgan fingerprint density at radius 3 is 2.54 bits per heavy atom. The van der Waals surface area contributed by atoms with Crippen molar-refractivity contribution in [2.24, 2.45) is 10.7 Å². The van der Waals surface area contributed by atoms with Crippen LogP contribution in [0.2, 0.25) is 0 Å². The van der Waals surface area contributed by atoms with Crippen molar-refractivity contribution in [1.82, 2.24) is 10.2 Å². The van der Waals surface area contributed by atoms with Gasteiger partial charge in [-0.1, -0.05) is 18.2 Å². The number of rotatable bonds is 7. The van der Waals surface area contributed by atoms with Crippen LogP contribution in [-0.4, -0.2) is 44.0 Å². The average molecular weight is 495 g/mol. The van der Waals surface area contributed by atoms with Crippen LogP contribution in [0.4, 0.5) is 5.69 Å². The number of anilines is 1. The Hall–Kier alpha value is -2.13. The van der Waals surface area contributed by atoms with E-state index in [2.05, 4.69) is 29.5 Å². The zero-order chi connectivity index (χ0) is 19.8. The fourth-order valence-electron chi connectivity index (χ4n) is 2.49. The SMILES string of the molecule is Cc1ccc(NC(N)=NCc2cccc(C(=O)NCCN(C)C)c2)cc1C.I. The quantitative estimate of drug-likeness (QED) is 0.313. The number of halogens is 1. The van der Waals surface area contributed by atoms with Crippen molar-refractivity contribution in [3.05, 3.63) is 64.7 Å². The predicted octanol–water partition coefficient (Wildman–Crippen LogP) is 3.14. The summed E-state index contributed by atoms with van der Waals surface area (Å²) in [5.41, 5.74) is 10.9. The van der Waals surface area contributed by atoms with E-state index in [1.807, 2.05) is 55.4 Å². The van der Waals surface area contributed by atoms with Gasteiger partial charge in [-0.05, 0) is 68.9 Å². The second kappa shape index (κ2) is 11.7. The van der Waals surface area contributed by atoms with E-state index < -0.39 is 0 Å². The fraction of sp³-hybridized carbons (Fsp3) is 0.333. The van der Waals surface area contributed by atoms with Gasteiger partial charge in [-0.3, -0.25) is 4.79 Å². The summed E-state index contributed by atoms with van der Waals surface area (Å²) in [6.07, 6.45) is 0. The monoisotopic (exact) mass is 495 g/mol. The first kappa shape index (κ1) is 23.9. The van der Waals surface area contributed by atoms with Gasteiger partial charge in [-0.15, -0.1) is 24.0 Å². The lowest BCUT2D eigenvalue weighted by molar-refractivity contribution is 0.0951. The predicted molar refractivity (Wildman–Crippen MR) is 128 cm³/mol. The molecular formula is C21H30IN5O. The average Bonchev–Trinajstić information content (AvgIpc) is 2.63. The number of aryl methyl sites for hydroxylation is 2. The molecule has 7 heteroatoms. The van der Waals surface area contributed by atoms with Crippen LogP contribution in [0.15, 0.2) is 47.5 Å². The summed E-state index contributed by atoms with van der Waals surface area (Å²) in [7, 11) is 3.95. The molecular weight excluding hydrogens is 465 g/mol. The molecule has 0 aliphatic heterocycles. The lowest BCUT2D eigenvalue weighted by atomic mass is 10.1. The molecule has 0 aromatic heterocycles. The van der Waals surface area contributed by atoms with Crippen molar-refractivity contribution in [2.45, 2.75) is 20.4 Å². The minimum absolute atomic E-state index is 0. The maximum Gasteiger partial charge on any atom is 0.251 e. The Bertz CT molecular complexity index is 820. The Morgan fingerprint density at radius 2 is 1.86 bits per heavy atom. The third-order valence-electron chi connectivity index (χ3n) is 4.25. The zero-order valence-electron chi connectivity index (χ0n) is 17.0. The van der Waals surface area contributed by atoms with Crippen LogP contribution in [0.1, 0.15) is 27.0 Å². The van der Waals surface area contributed by atoms with Gasteiger partial charge in [-0.2, -0.15) is 0 Å². The second-order valence-electron chi connectivity index (χ2n) is 6.89. The van der Waals surface area contributed by atoms with Crippen molar-refractivity contribution in [2.75, 3.05) is 32.5 Å². The van der Waals surface area contributed by atoms with E-state index >= 15 is 0 Å². The highest BCUT2D eigenvalue weighted by Gasteiger charge is 2.06. The Labute approximate surface area is 184 Å². The van der Waals surface area contributed by atoms with Gasteiger partial charge >= 0.3 is 0 Å². The summed E-state index contributed by atoms with van der Waals surface area (Å²) in [4.78, 5) is 18.6. The lowest BCUT2D eigenvalue weighted by Crippen LogP contribution is -2.31. The molecule has 4 N–H and O–H groups in total. The summed E-state index contributed by atoms with van der Waals surface area (Å²) >= 11 is 0. The van der Waals surface area contributed by atoms with Crippen LogP contribution in [0.5, 0.6) is 0 Å². The highest BCUT2D eigenvalue weighted by Crippen LogP contribution is 2.14. The molecule has 0 atom stereocenters. The van der Waals surface area contributed by atoms with Gasteiger partial charge in [0.25, 0.3) is 5.91 Å². The number of aliphatic imine (C=N–C) groups is 1. The van der Waals surface area contributed by atoms with Crippen molar-refractivity contribution < 1.29 is 4.79 Å². The molecule has 0 heterocycles. The van der Waals surface area contributed by atoms with E-state index in [1.54, 1.807) is 6.07 Å². The molecule has 0 aliphatic rings. The van der Waals surface area contributed by atoms with E-state index in [9.17, 15) is 4.79 Å². The molecule has 28 heavy (non-hydrogen) atoms. The highest BCUT2D eigenvalue weighted by atomic mass is 127. The smallest absolute Gasteiger partial charge is 0.251 e. The third-order valence-corrected chi connectivity index (χ3v) is 4.25.